The van der Waals surface area contributed by atoms with E-state index in [0.717, 1.165) is 52.9 Å². The van der Waals surface area contributed by atoms with Crippen LogP contribution in [0.4, 0.5) is 0 Å². The molecule has 6 rings (SSSR count). The Morgan fingerprint density at radius 3 is 1.17 bits per heavy atom. The fourth-order valence-corrected chi connectivity index (χ4v) is 10.3. The lowest BCUT2D eigenvalue weighted by molar-refractivity contribution is -0.118. The number of halogens is 1. The number of carbonyl (C=O) groups is 1. The summed E-state index contributed by atoms with van der Waals surface area (Å²) in [5.74, 6) is 1.34. The molecule has 0 bridgehead atoms. The minimum atomic E-state index is -0.520. The number of carbonyl (C=O) groups excluding carboxylic acids is 1. The summed E-state index contributed by atoms with van der Waals surface area (Å²) in [4.78, 5) is 16.2. The van der Waals surface area contributed by atoms with Crippen LogP contribution < -0.4 is 5.32 Å². The molecule has 0 aliphatic rings. The van der Waals surface area contributed by atoms with E-state index in [4.69, 9.17) is 0 Å². The smallest absolute Gasteiger partial charge is 0.230 e. The van der Waals surface area contributed by atoms with Gasteiger partial charge in [0.2, 0.25) is 5.91 Å². The lowest BCUT2D eigenvalue weighted by Crippen LogP contribution is -2.38. The number of nitrogens with zero attached hydrogens (tertiary/aromatic N) is 1. The molecule has 6 aromatic rings. The van der Waals surface area contributed by atoms with Crippen LogP contribution in [0.15, 0.2) is 182 Å². The minimum absolute atomic E-state index is 0.0571. The Hall–Kier alpha value is -3.82. The van der Waals surface area contributed by atoms with Crippen molar-refractivity contribution >= 4 is 52.0 Å². The van der Waals surface area contributed by atoms with E-state index >= 15 is 0 Å². The van der Waals surface area contributed by atoms with Crippen molar-refractivity contribution in [2.45, 2.75) is 15.9 Å². The van der Waals surface area contributed by atoms with Crippen LogP contribution in [0.1, 0.15) is 39.8 Å². The van der Waals surface area contributed by atoms with E-state index < -0.39 is 4.75 Å². The molecule has 270 valence electrons. The van der Waals surface area contributed by atoms with E-state index in [1.807, 2.05) is 11.8 Å². The molecule has 6 heteroatoms. The normalized spacial score (nSPS) is 11.7. The number of benzene rings is 6. The number of thioether (sulfide) groups is 2. The molecule has 0 unspecified atom stereocenters. The Balaban J connectivity index is 1.15. The maximum Gasteiger partial charge on any atom is 0.230 e. The van der Waals surface area contributed by atoms with Crippen molar-refractivity contribution in [2.75, 3.05) is 42.1 Å². The SMILES string of the molecule is O=C(CSC(c1ccccc1)(c1ccccc1)c1ccccc1)NCCN(CCCI)CCSC(c1ccccc1)(c1ccccc1)c1ccccc1. The van der Waals surface area contributed by atoms with Gasteiger partial charge in [0.15, 0.2) is 0 Å². The van der Waals surface area contributed by atoms with Gasteiger partial charge in [-0.1, -0.05) is 205 Å². The molecule has 0 saturated heterocycles. The number of rotatable bonds is 19. The Morgan fingerprint density at radius 2 is 0.830 bits per heavy atom. The molecular formula is C47H47IN2OS2. The molecule has 0 radical (unpaired) electrons. The Labute approximate surface area is 338 Å². The molecule has 0 fully saturated rings. The molecule has 0 atom stereocenters. The third kappa shape index (κ3) is 9.65. The van der Waals surface area contributed by atoms with Crippen LogP contribution >= 0.6 is 46.1 Å². The first-order valence-corrected chi connectivity index (χ1v) is 21.8. The first kappa shape index (κ1) is 38.9. The predicted molar refractivity (Wildman–Crippen MR) is 236 cm³/mol. The molecule has 0 aliphatic heterocycles. The van der Waals surface area contributed by atoms with Gasteiger partial charge in [0, 0.05) is 29.8 Å². The van der Waals surface area contributed by atoms with Crippen molar-refractivity contribution in [3.05, 3.63) is 215 Å². The summed E-state index contributed by atoms with van der Waals surface area (Å²) in [6.07, 6.45) is 1.12. The maximum atomic E-state index is 13.6. The molecular weight excluding hydrogens is 800 g/mol. The van der Waals surface area contributed by atoms with Gasteiger partial charge in [0.05, 0.1) is 15.2 Å². The molecule has 0 aromatic heterocycles. The zero-order valence-electron chi connectivity index (χ0n) is 30.0. The number of hydrogen-bond acceptors (Lipinski definition) is 4. The second kappa shape index (κ2) is 20.0. The van der Waals surface area contributed by atoms with Crippen LogP contribution in [-0.2, 0) is 14.3 Å². The van der Waals surface area contributed by atoms with Crippen molar-refractivity contribution in [1.29, 1.82) is 0 Å². The molecule has 3 nitrogen and oxygen atoms in total. The van der Waals surface area contributed by atoms with Gasteiger partial charge in [-0.25, -0.2) is 0 Å². The Bertz CT molecular complexity index is 1740. The van der Waals surface area contributed by atoms with Gasteiger partial charge >= 0.3 is 0 Å². The van der Waals surface area contributed by atoms with E-state index in [2.05, 4.69) is 215 Å². The van der Waals surface area contributed by atoms with Crippen molar-refractivity contribution in [3.8, 4) is 0 Å². The predicted octanol–water partition coefficient (Wildman–Crippen LogP) is 10.7. The highest BCUT2D eigenvalue weighted by molar-refractivity contribution is 14.1. The third-order valence-corrected chi connectivity index (χ3v) is 13.4. The standard InChI is InChI=1S/C47H47IN2OS2/c48-32-19-34-50(36-37-52-46(39-20-7-1-8-21-39,40-22-9-2-10-23-40)41-24-11-3-12-25-41)35-33-49-45(51)38-53-47(42-26-13-4-14-27-42,43-28-15-5-16-29-43)44-30-17-6-18-31-44/h1-18,20-31H,19,32-38H2,(H,49,51). The maximum absolute atomic E-state index is 13.6. The first-order valence-electron chi connectivity index (χ1n) is 18.3. The van der Waals surface area contributed by atoms with Crippen LogP contribution in [-0.4, -0.2) is 52.9 Å². The summed E-state index contributed by atoms with van der Waals surface area (Å²) in [5, 5.41) is 3.29. The Morgan fingerprint density at radius 1 is 0.491 bits per heavy atom. The highest BCUT2D eigenvalue weighted by Crippen LogP contribution is 2.49. The van der Waals surface area contributed by atoms with Crippen molar-refractivity contribution < 1.29 is 4.79 Å². The van der Waals surface area contributed by atoms with Crippen LogP contribution in [0.5, 0.6) is 0 Å². The zero-order valence-corrected chi connectivity index (χ0v) is 33.8. The fraction of sp³-hybridized carbons (Fsp3) is 0.213. The van der Waals surface area contributed by atoms with E-state index in [1.165, 1.54) is 16.7 Å². The van der Waals surface area contributed by atoms with Crippen LogP contribution in [0, 0.1) is 0 Å². The van der Waals surface area contributed by atoms with Crippen molar-refractivity contribution in [1.82, 2.24) is 10.2 Å². The summed E-state index contributed by atoms with van der Waals surface area (Å²) in [7, 11) is 0. The molecule has 1 amide bonds. The third-order valence-electron chi connectivity index (χ3n) is 9.59. The lowest BCUT2D eigenvalue weighted by Gasteiger charge is -2.36. The molecule has 0 heterocycles. The van der Waals surface area contributed by atoms with E-state index in [1.54, 1.807) is 11.8 Å². The summed E-state index contributed by atoms with van der Waals surface area (Å²) in [5.41, 5.74) is 7.33. The lowest BCUT2D eigenvalue weighted by atomic mass is 9.84. The van der Waals surface area contributed by atoms with Crippen LogP contribution in [0.25, 0.3) is 0 Å². The molecule has 1 N–H and O–H groups in total. The van der Waals surface area contributed by atoms with Crippen molar-refractivity contribution in [3.63, 3.8) is 0 Å². The summed E-state index contributed by atoms with van der Waals surface area (Å²) in [6.45, 7) is 3.35. The number of amides is 1. The van der Waals surface area contributed by atoms with Gasteiger partial charge in [-0.05, 0) is 46.3 Å². The first-order chi connectivity index (χ1) is 26.2. The van der Waals surface area contributed by atoms with Gasteiger partial charge in [0.25, 0.3) is 0 Å². The van der Waals surface area contributed by atoms with Gasteiger partial charge in [-0.2, -0.15) is 0 Å². The van der Waals surface area contributed by atoms with Gasteiger partial charge in [-0.15, -0.1) is 23.5 Å². The zero-order chi connectivity index (χ0) is 36.6. The number of nitrogens with one attached hydrogen (secondary N) is 1. The Kier molecular flexibility index (Phi) is 14.7. The minimum Gasteiger partial charge on any atom is -0.354 e. The molecule has 0 spiro atoms. The van der Waals surface area contributed by atoms with E-state index in [0.29, 0.717) is 12.3 Å². The monoisotopic (exact) mass is 846 g/mol. The van der Waals surface area contributed by atoms with Gasteiger partial charge in [-0.3, -0.25) is 4.79 Å². The van der Waals surface area contributed by atoms with Gasteiger partial charge in [0.1, 0.15) is 0 Å². The van der Waals surface area contributed by atoms with Gasteiger partial charge < -0.3 is 10.2 Å². The average Bonchev–Trinajstić information content (AvgIpc) is 3.24. The largest absolute Gasteiger partial charge is 0.354 e. The second-order valence-electron chi connectivity index (χ2n) is 12.9. The summed E-state index contributed by atoms with van der Waals surface area (Å²) < 4.78 is 0.243. The van der Waals surface area contributed by atoms with Crippen LogP contribution in [0.2, 0.25) is 0 Å². The van der Waals surface area contributed by atoms with Crippen molar-refractivity contribution in [2.24, 2.45) is 0 Å². The fourth-order valence-electron chi connectivity index (χ4n) is 7.06. The second-order valence-corrected chi connectivity index (χ2v) is 16.5. The summed E-state index contributed by atoms with van der Waals surface area (Å²) in [6, 6.07) is 64.5. The topological polar surface area (TPSA) is 32.3 Å². The highest BCUT2D eigenvalue weighted by Gasteiger charge is 2.38. The quantitative estimate of drug-likeness (QED) is 0.0500. The van der Waals surface area contributed by atoms with E-state index in [9.17, 15) is 4.79 Å². The average molecular weight is 847 g/mol. The van der Waals surface area contributed by atoms with Crippen LogP contribution in [0.3, 0.4) is 0 Å². The number of alkyl halides is 1. The molecule has 53 heavy (non-hydrogen) atoms. The van der Waals surface area contributed by atoms with E-state index in [-0.39, 0.29) is 10.7 Å². The molecule has 0 saturated carbocycles. The molecule has 0 aliphatic carbocycles. The molecule has 6 aromatic carbocycles. The summed E-state index contributed by atoms with van der Waals surface area (Å²) >= 11 is 6.16. The highest BCUT2D eigenvalue weighted by atomic mass is 127. The number of hydrogen-bond donors (Lipinski definition) is 1.